The van der Waals surface area contributed by atoms with Gasteiger partial charge in [-0.2, -0.15) is 0 Å². The van der Waals surface area contributed by atoms with Crippen molar-refractivity contribution >= 4 is 11.1 Å². The first-order valence-electron chi connectivity index (χ1n) is 14.3. The van der Waals surface area contributed by atoms with Crippen LogP contribution in [0.2, 0.25) is 0 Å². The van der Waals surface area contributed by atoms with Gasteiger partial charge >= 0.3 is 0 Å². The van der Waals surface area contributed by atoms with E-state index in [1.807, 2.05) is 0 Å². The zero-order chi connectivity index (χ0) is 23.6. The van der Waals surface area contributed by atoms with Gasteiger partial charge in [0.15, 0.2) is 0 Å². The van der Waals surface area contributed by atoms with E-state index >= 15 is 0 Å². The van der Waals surface area contributed by atoms with Gasteiger partial charge < -0.3 is 0 Å². The van der Waals surface area contributed by atoms with Crippen molar-refractivity contribution in [1.29, 1.82) is 0 Å². The van der Waals surface area contributed by atoms with E-state index < -0.39 is 0 Å². The van der Waals surface area contributed by atoms with Gasteiger partial charge in [0, 0.05) is 0 Å². The SMILES string of the molecule is CCCCCCCCCC1CC=C(c2ccc(-c3ccc(C4=CCC(C)CC4)cc3)cc2)CC1. The van der Waals surface area contributed by atoms with E-state index in [9.17, 15) is 0 Å². The van der Waals surface area contributed by atoms with Gasteiger partial charge in [-0.1, -0.05) is 126 Å². The monoisotopic (exact) mass is 454 g/mol. The van der Waals surface area contributed by atoms with Crippen molar-refractivity contribution in [1.82, 2.24) is 0 Å². The molecule has 4 rings (SSSR count). The molecule has 0 amide bonds. The summed E-state index contributed by atoms with van der Waals surface area (Å²) in [5.74, 6) is 1.76. The van der Waals surface area contributed by atoms with Crippen LogP contribution in [-0.4, -0.2) is 0 Å². The Morgan fingerprint density at radius 2 is 1.09 bits per heavy atom. The highest BCUT2D eigenvalue weighted by molar-refractivity contribution is 5.73. The van der Waals surface area contributed by atoms with Crippen LogP contribution in [0.15, 0.2) is 60.7 Å². The van der Waals surface area contributed by atoms with E-state index in [4.69, 9.17) is 0 Å². The maximum absolute atomic E-state index is 2.54. The quantitative estimate of drug-likeness (QED) is 0.296. The number of hydrogen-bond acceptors (Lipinski definition) is 0. The fourth-order valence-corrected chi connectivity index (χ4v) is 5.78. The third-order valence-corrected chi connectivity index (χ3v) is 8.25. The van der Waals surface area contributed by atoms with Crippen molar-refractivity contribution in [2.75, 3.05) is 0 Å². The van der Waals surface area contributed by atoms with Crippen molar-refractivity contribution in [3.05, 3.63) is 71.8 Å². The maximum Gasteiger partial charge on any atom is -0.0184 e. The van der Waals surface area contributed by atoms with Crippen LogP contribution < -0.4 is 0 Å². The van der Waals surface area contributed by atoms with Crippen LogP contribution in [0.1, 0.15) is 115 Å². The first-order chi connectivity index (χ1) is 16.7. The zero-order valence-electron chi connectivity index (χ0n) is 21.8. The second kappa shape index (κ2) is 13.1. The molecule has 2 aliphatic rings. The minimum absolute atomic E-state index is 0.844. The molecule has 0 aromatic heterocycles. The molecule has 0 bridgehead atoms. The third-order valence-electron chi connectivity index (χ3n) is 8.25. The lowest BCUT2D eigenvalue weighted by molar-refractivity contribution is 0.422. The van der Waals surface area contributed by atoms with E-state index in [1.54, 1.807) is 5.57 Å². The second-order valence-corrected chi connectivity index (χ2v) is 11.0. The molecular weight excluding hydrogens is 408 g/mol. The average molecular weight is 455 g/mol. The molecule has 2 unspecified atom stereocenters. The average Bonchev–Trinajstić information content (AvgIpc) is 2.89. The van der Waals surface area contributed by atoms with Gasteiger partial charge in [-0.25, -0.2) is 0 Å². The lowest BCUT2D eigenvalue weighted by Crippen LogP contribution is -2.05. The molecule has 2 aliphatic carbocycles. The number of benzene rings is 2. The van der Waals surface area contributed by atoms with E-state index in [2.05, 4.69) is 74.5 Å². The largest absolute Gasteiger partial charge is 0.0805 e. The number of unbranched alkanes of at least 4 members (excludes halogenated alkanes) is 6. The smallest absolute Gasteiger partial charge is 0.0184 e. The summed E-state index contributed by atoms with van der Waals surface area (Å²) < 4.78 is 0. The van der Waals surface area contributed by atoms with Crippen molar-refractivity contribution < 1.29 is 0 Å². The van der Waals surface area contributed by atoms with Crippen LogP contribution >= 0.6 is 0 Å². The number of hydrogen-bond donors (Lipinski definition) is 0. The van der Waals surface area contributed by atoms with Crippen LogP contribution in [0.25, 0.3) is 22.3 Å². The molecule has 2 aromatic rings. The molecule has 2 aromatic carbocycles. The van der Waals surface area contributed by atoms with Crippen molar-refractivity contribution in [2.24, 2.45) is 11.8 Å². The van der Waals surface area contributed by atoms with Crippen LogP contribution in [0, 0.1) is 11.8 Å². The number of rotatable bonds is 11. The predicted octanol–water partition coefficient (Wildman–Crippen LogP) is 10.9. The molecule has 182 valence electrons. The molecule has 0 aliphatic heterocycles. The molecule has 2 atom stereocenters. The molecule has 0 N–H and O–H groups in total. The summed E-state index contributed by atoms with van der Waals surface area (Å²) in [5, 5.41) is 0. The summed E-state index contributed by atoms with van der Waals surface area (Å²) in [7, 11) is 0. The van der Waals surface area contributed by atoms with Crippen LogP contribution in [0.4, 0.5) is 0 Å². The summed E-state index contributed by atoms with van der Waals surface area (Å²) >= 11 is 0. The van der Waals surface area contributed by atoms with Gasteiger partial charge in [-0.05, 0) is 83.8 Å². The number of allylic oxidation sites excluding steroid dienone is 4. The summed E-state index contributed by atoms with van der Waals surface area (Å²) in [4.78, 5) is 0. The van der Waals surface area contributed by atoms with E-state index in [-0.39, 0.29) is 0 Å². The highest BCUT2D eigenvalue weighted by Gasteiger charge is 2.15. The Morgan fingerprint density at radius 3 is 1.59 bits per heavy atom. The van der Waals surface area contributed by atoms with Gasteiger partial charge in [-0.15, -0.1) is 0 Å². The first kappa shape index (κ1) is 25.0. The predicted molar refractivity (Wildman–Crippen MR) is 151 cm³/mol. The molecule has 0 heterocycles. The van der Waals surface area contributed by atoms with Gasteiger partial charge in [-0.3, -0.25) is 0 Å². The van der Waals surface area contributed by atoms with E-state index in [0.29, 0.717) is 0 Å². The molecule has 34 heavy (non-hydrogen) atoms. The molecular formula is C34H46. The standard InChI is InChI=1S/C34H46/c1-3-4-5-6-7-8-9-10-28-13-17-30(18-14-28)32-21-25-34(26-22-32)33-23-19-31(20-24-33)29-15-11-27(2)12-16-29/h15,17,19-28H,3-14,16,18H2,1-2H3. The molecule has 0 fully saturated rings. The Morgan fingerprint density at radius 1 is 0.588 bits per heavy atom. The van der Waals surface area contributed by atoms with E-state index in [1.165, 1.54) is 118 Å². The van der Waals surface area contributed by atoms with Crippen molar-refractivity contribution in [3.63, 3.8) is 0 Å². The van der Waals surface area contributed by atoms with Crippen LogP contribution in [0.5, 0.6) is 0 Å². The van der Waals surface area contributed by atoms with Gasteiger partial charge in [0.25, 0.3) is 0 Å². The lowest BCUT2D eigenvalue weighted by atomic mass is 9.83. The minimum atomic E-state index is 0.844. The van der Waals surface area contributed by atoms with Crippen molar-refractivity contribution in [2.45, 2.75) is 104 Å². The lowest BCUT2D eigenvalue weighted by Gasteiger charge is -2.22. The molecule has 0 spiro atoms. The molecule has 0 radical (unpaired) electrons. The molecule has 0 nitrogen and oxygen atoms in total. The summed E-state index contributed by atoms with van der Waals surface area (Å²) in [6, 6.07) is 18.6. The Balaban J connectivity index is 1.25. The zero-order valence-corrected chi connectivity index (χ0v) is 21.8. The molecule has 0 saturated heterocycles. The molecule has 0 saturated carbocycles. The van der Waals surface area contributed by atoms with Crippen LogP contribution in [0.3, 0.4) is 0 Å². The third kappa shape index (κ3) is 7.21. The first-order valence-corrected chi connectivity index (χ1v) is 14.3. The molecule has 0 heteroatoms. The fourth-order valence-electron chi connectivity index (χ4n) is 5.78. The summed E-state index contributed by atoms with van der Waals surface area (Å²) in [6.45, 7) is 4.66. The van der Waals surface area contributed by atoms with Crippen LogP contribution in [-0.2, 0) is 0 Å². The normalized spacial score (nSPS) is 20.6. The Bertz CT molecular complexity index is 925. The fraction of sp³-hybridized carbons (Fsp3) is 0.529. The highest BCUT2D eigenvalue weighted by atomic mass is 14.2. The van der Waals surface area contributed by atoms with Gasteiger partial charge in [0.05, 0.1) is 0 Å². The Hall–Kier alpha value is -2.08. The van der Waals surface area contributed by atoms with Crippen molar-refractivity contribution in [3.8, 4) is 11.1 Å². The summed E-state index contributed by atoms with van der Waals surface area (Å²) in [5.41, 5.74) is 8.59. The van der Waals surface area contributed by atoms with E-state index in [0.717, 1.165) is 11.8 Å². The maximum atomic E-state index is 2.54. The van der Waals surface area contributed by atoms with Gasteiger partial charge in [0.1, 0.15) is 0 Å². The highest BCUT2D eigenvalue weighted by Crippen LogP contribution is 2.34. The topological polar surface area (TPSA) is 0 Å². The van der Waals surface area contributed by atoms with Gasteiger partial charge in [0.2, 0.25) is 0 Å². The Labute approximate surface area is 209 Å². The second-order valence-electron chi connectivity index (χ2n) is 11.0. The summed E-state index contributed by atoms with van der Waals surface area (Å²) in [6.07, 6.45) is 24.1. The minimum Gasteiger partial charge on any atom is -0.0805 e. The Kier molecular flexibility index (Phi) is 9.66.